The topological polar surface area (TPSA) is 37.8 Å². The van der Waals surface area contributed by atoms with Gasteiger partial charge in [0.05, 0.1) is 0 Å². The highest BCUT2D eigenvalue weighted by Crippen LogP contribution is 2.01. The standard InChI is InChI=1S/C11H19N3/c1-5-12-8(2)7-11-13-9(3)6-10(4)14-11/h6,8,12H,5,7H2,1-4H3. The average Bonchev–Trinajstić information content (AvgIpc) is 2.01. The van der Waals surface area contributed by atoms with E-state index in [4.69, 9.17) is 0 Å². The molecular formula is C11H19N3. The molecule has 1 unspecified atom stereocenters. The molecule has 0 radical (unpaired) electrons. The predicted molar refractivity (Wildman–Crippen MR) is 58.3 cm³/mol. The molecule has 3 nitrogen and oxygen atoms in total. The maximum atomic E-state index is 4.41. The highest BCUT2D eigenvalue weighted by molar-refractivity contribution is 5.08. The van der Waals surface area contributed by atoms with Crippen molar-refractivity contribution in [3.63, 3.8) is 0 Å². The van der Waals surface area contributed by atoms with E-state index in [1.807, 2.05) is 19.9 Å². The number of hydrogen-bond donors (Lipinski definition) is 1. The van der Waals surface area contributed by atoms with E-state index in [2.05, 4.69) is 29.1 Å². The van der Waals surface area contributed by atoms with Crippen LogP contribution in [0.1, 0.15) is 31.1 Å². The lowest BCUT2D eigenvalue weighted by molar-refractivity contribution is 0.550. The van der Waals surface area contributed by atoms with Gasteiger partial charge in [0.2, 0.25) is 0 Å². The number of aryl methyl sites for hydroxylation is 2. The van der Waals surface area contributed by atoms with Crippen LogP contribution in [0, 0.1) is 13.8 Å². The van der Waals surface area contributed by atoms with Crippen molar-refractivity contribution >= 4 is 0 Å². The van der Waals surface area contributed by atoms with Gasteiger partial charge < -0.3 is 5.32 Å². The van der Waals surface area contributed by atoms with Crippen molar-refractivity contribution in [3.05, 3.63) is 23.3 Å². The fourth-order valence-electron chi connectivity index (χ4n) is 1.58. The molecule has 0 aromatic carbocycles. The van der Waals surface area contributed by atoms with E-state index in [1.54, 1.807) is 0 Å². The number of nitrogens with zero attached hydrogens (tertiary/aromatic N) is 2. The van der Waals surface area contributed by atoms with Crippen LogP contribution in [0.2, 0.25) is 0 Å². The molecule has 1 atom stereocenters. The van der Waals surface area contributed by atoms with E-state index in [9.17, 15) is 0 Å². The normalized spacial score (nSPS) is 12.9. The Morgan fingerprint density at radius 2 is 1.86 bits per heavy atom. The Morgan fingerprint density at radius 3 is 2.36 bits per heavy atom. The maximum Gasteiger partial charge on any atom is 0.130 e. The Labute approximate surface area is 86.0 Å². The third-order valence-corrected chi connectivity index (χ3v) is 2.07. The van der Waals surface area contributed by atoms with Gasteiger partial charge in [-0.2, -0.15) is 0 Å². The van der Waals surface area contributed by atoms with Gasteiger partial charge in [0.1, 0.15) is 5.82 Å². The molecule has 1 N–H and O–H groups in total. The minimum atomic E-state index is 0.446. The van der Waals surface area contributed by atoms with Gasteiger partial charge in [0.15, 0.2) is 0 Å². The van der Waals surface area contributed by atoms with E-state index in [-0.39, 0.29) is 0 Å². The zero-order valence-corrected chi connectivity index (χ0v) is 9.46. The Bertz CT molecular complexity index is 276. The van der Waals surface area contributed by atoms with Crippen LogP contribution in [-0.2, 0) is 6.42 Å². The summed E-state index contributed by atoms with van der Waals surface area (Å²) >= 11 is 0. The van der Waals surface area contributed by atoms with Gasteiger partial charge >= 0.3 is 0 Å². The van der Waals surface area contributed by atoms with Gasteiger partial charge in [-0.05, 0) is 33.4 Å². The fraction of sp³-hybridized carbons (Fsp3) is 0.636. The minimum Gasteiger partial charge on any atom is -0.314 e. The summed E-state index contributed by atoms with van der Waals surface area (Å²) in [4.78, 5) is 8.81. The lowest BCUT2D eigenvalue weighted by Crippen LogP contribution is -2.28. The number of rotatable bonds is 4. The quantitative estimate of drug-likeness (QED) is 0.790. The van der Waals surface area contributed by atoms with Crippen LogP contribution in [0.4, 0.5) is 0 Å². The Balaban J connectivity index is 2.66. The first kappa shape index (κ1) is 11.1. The molecule has 0 saturated heterocycles. The number of aromatic nitrogens is 2. The molecule has 78 valence electrons. The monoisotopic (exact) mass is 193 g/mol. The molecule has 14 heavy (non-hydrogen) atoms. The summed E-state index contributed by atoms with van der Waals surface area (Å²) in [6, 6.07) is 2.45. The largest absolute Gasteiger partial charge is 0.314 e. The third-order valence-electron chi connectivity index (χ3n) is 2.07. The van der Waals surface area contributed by atoms with E-state index >= 15 is 0 Å². The highest BCUT2D eigenvalue weighted by atomic mass is 14.9. The Kier molecular flexibility index (Phi) is 4.01. The van der Waals surface area contributed by atoms with Gasteiger partial charge in [-0.25, -0.2) is 9.97 Å². The van der Waals surface area contributed by atoms with Gasteiger partial charge in [0.25, 0.3) is 0 Å². The molecule has 0 fully saturated rings. The van der Waals surface area contributed by atoms with Crippen LogP contribution in [-0.4, -0.2) is 22.6 Å². The van der Waals surface area contributed by atoms with Crippen LogP contribution in [0.15, 0.2) is 6.07 Å². The van der Waals surface area contributed by atoms with Crippen molar-refractivity contribution < 1.29 is 0 Å². The number of hydrogen-bond acceptors (Lipinski definition) is 3. The molecule has 0 amide bonds. The first-order valence-corrected chi connectivity index (χ1v) is 5.16. The van der Waals surface area contributed by atoms with Crippen molar-refractivity contribution in [2.24, 2.45) is 0 Å². The second kappa shape index (κ2) is 5.05. The summed E-state index contributed by atoms with van der Waals surface area (Å²) in [7, 11) is 0. The van der Waals surface area contributed by atoms with Crippen molar-refractivity contribution in [1.29, 1.82) is 0 Å². The summed E-state index contributed by atoms with van der Waals surface area (Å²) in [5, 5.41) is 3.35. The average molecular weight is 193 g/mol. The molecule has 1 aromatic rings. The molecule has 0 aliphatic carbocycles. The number of nitrogens with one attached hydrogen (secondary N) is 1. The van der Waals surface area contributed by atoms with E-state index in [1.165, 1.54) is 0 Å². The second-order valence-corrected chi connectivity index (χ2v) is 3.73. The lowest BCUT2D eigenvalue weighted by atomic mass is 10.2. The molecule has 3 heteroatoms. The lowest BCUT2D eigenvalue weighted by Gasteiger charge is -2.11. The Morgan fingerprint density at radius 1 is 1.29 bits per heavy atom. The third kappa shape index (κ3) is 3.42. The maximum absolute atomic E-state index is 4.41. The van der Waals surface area contributed by atoms with Crippen molar-refractivity contribution in [1.82, 2.24) is 15.3 Å². The summed E-state index contributed by atoms with van der Waals surface area (Å²) in [6.07, 6.45) is 0.899. The first-order valence-electron chi connectivity index (χ1n) is 5.16. The Hall–Kier alpha value is -0.960. The summed E-state index contributed by atoms with van der Waals surface area (Å²) in [5.41, 5.74) is 2.10. The van der Waals surface area contributed by atoms with Gasteiger partial charge in [-0.1, -0.05) is 6.92 Å². The van der Waals surface area contributed by atoms with Crippen molar-refractivity contribution in [2.45, 2.75) is 40.2 Å². The van der Waals surface area contributed by atoms with Gasteiger partial charge in [0, 0.05) is 23.9 Å². The molecule has 1 aromatic heterocycles. The summed E-state index contributed by atoms with van der Waals surface area (Å²) in [6.45, 7) is 9.28. The smallest absolute Gasteiger partial charge is 0.130 e. The van der Waals surface area contributed by atoms with Crippen molar-refractivity contribution in [3.8, 4) is 0 Å². The highest BCUT2D eigenvalue weighted by Gasteiger charge is 2.05. The van der Waals surface area contributed by atoms with Gasteiger partial charge in [-0.15, -0.1) is 0 Å². The van der Waals surface area contributed by atoms with Gasteiger partial charge in [-0.3, -0.25) is 0 Å². The van der Waals surface area contributed by atoms with E-state index < -0.39 is 0 Å². The number of likely N-dealkylation sites (N-methyl/N-ethyl adjacent to an activating group) is 1. The van der Waals surface area contributed by atoms with Crippen LogP contribution in [0.3, 0.4) is 0 Å². The molecule has 0 spiro atoms. The minimum absolute atomic E-state index is 0.446. The molecule has 0 aliphatic heterocycles. The van der Waals surface area contributed by atoms with Crippen molar-refractivity contribution in [2.75, 3.05) is 6.54 Å². The van der Waals surface area contributed by atoms with Crippen LogP contribution in [0.25, 0.3) is 0 Å². The molecule has 1 heterocycles. The molecule has 0 saturated carbocycles. The van der Waals surface area contributed by atoms with Crippen LogP contribution >= 0.6 is 0 Å². The second-order valence-electron chi connectivity index (χ2n) is 3.73. The zero-order valence-electron chi connectivity index (χ0n) is 9.46. The molecule has 0 bridgehead atoms. The molecular weight excluding hydrogens is 174 g/mol. The SMILES string of the molecule is CCNC(C)Cc1nc(C)cc(C)n1. The molecule has 0 aliphatic rings. The van der Waals surface area contributed by atoms with Crippen LogP contribution < -0.4 is 5.32 Å². The fourth-order valence-corrected chi connectivity index (χ4v) is 1.58. The zero-order chi connectivity index (χ0) is 10.6. The first-order chi connectivity index (χ1) is 6.61. The summed E-state index contributed by atoms with van der Waals surface area (Å²) < 4.78 is 0. The van der Waals surface area contributed by atoms with E-state index in [0.29, 0.717) is 6.04 Å². The van der Waals surface area contributed by atoms with E-state index in [0.717, 1.165) is 30.2 Å². The van der Waals surface area contributed by atoms with Crippen LogP contribution in [0.5, 0.6) is 0 Å². The predicted octanol–water partition coefficient (Wildman–Crippen LogP) is 1.63. The molecule has 1 rings (SSSR count). The summed E-state index contributed by atoms with van der Waals surface area (Å²) in [5.74, 6) is 0.941.